The highest BCUT2D eigenvalue weighted by Gasteiger charge is 2.08. The Morgan fingerprint density at radius 1 is 1.06 bits per heavy atom. The molecule has 0 aliphatic carbocycles. The van der Waals surface area contributed by atoms with E-state index in [1.807, 2.05) is 24.3 Å². The minimum atomic E-state index is 0.296. The number of aromatic nitrogens is 1. The summed E-state index contributed by atoms with van der Waals surface area (Å²) in [6.45, 7) is 0. The number of hydrogen-bond donors (Lipinski definition) is 0. The summed E-state index contributed by atoms with van der Waals surface area (Å²) >= 11 is 5.69. The molecule has 3 heteroatoms. The molecule has 3 aromatic rings. The maximum atomic E-state index is 5.69. The molecule has 2 nitrogen and oxygen atoms in total. The minimum Gasteiger partial charge on any atom is -0.439 e. The number of nitrogens with zero attached hydrogens (tertiary/aromatic N) is 1. The number of rotatable bonds is 2. The second kappa shape index (κ2) is 4.22. The summed E-state index contributed by atoms with van der Waals surface area (Å²) < 4.78 is 5.58. The van der Waals surface area contributed by atoms with Gasteiger partial charge in [0, 0.05) is 5.56 Å². The molecule has 0 fully saturated rings. The van der Waals surface area contributed by atoms with Crippen LogP contribution in [0.5, 0.6) is 0 Å². The van der Waals surface area contributed by atoms with Crippen molar-refractivity contribution in [2.45, 2.75) is 5.88 Å². The third kappa shape index (κ3) is 1.81. The van der Waals surface area contributed by atoms with E-state index in [1.165, 1.54) is 5.39 Å². The predicted molar refractivity (Wildman–Crippen MR) is 69.0 cm³/mol. The molecule has 0 amide bonds. The molecule has 0 atom stereocenters. The topological polar surface area (TPSA) is 26.0 Å². The standard InChI is InChI=1S/C14H10ClNO/c15-8-14-16-9-13(17-14)12-7-3-5-10-4-1-2-6-11(10)12/h1-7,9H,8H2. The van der Waals surface area contributed by atoms with E-state index < -0.39 is 0 Å². The zero-order chi connectivity index (χ0) is 11.7. The summed E-state index contributed by atoms with van der Waals surface area (Å²) in [4.78, 5) is 4.12. The predicted octanol–water partition coefficient (Wildman–Crippen LogP) is 4.23. The van der Waals surface area contributed by atoms with E-state index in [2.05, 4.69) is 23.2 Å². The average Bonchev–Trinajstić information content (AvgIpc) is 2.87. The first-order valence-corrected chi connectivity index (χ1v) is 5.91. The average molecular weight is 244 g/mol. The molecule has 1 aromatic heterocycles. The Morgan fingerprint density at radius 2 is 1.88 bits per heavy atom. The highest BCUT2D eigenvalue weighted by atomic mass is 35.5. The van der Waals surface area contributed by atoms with Crippen molar-refractivity contribution in [3.05, 3.63) is 54.6 Å². The molecule has 0 spiro atoms. The van der Waals surface area contributed by atoms with Gasteiger partial charge < -0.3 is 4.42 Å². The fourth-order valence-corrected chi connectivity index (χ4v) is 2.06. The van der Waals surface area contributed by atoms with Crippen LogP contribution in [-0.4, -0.2) is 4.98 Å². The van der Waals surface area contributed by atoms with Gasteiger partial charge in [-0.15, -0.1) is 11.6 Å². The normalized spacial score (nSPS) is 10.9. The van der Waals surface area contributed by atoms with Gasteiger partial charge in [-0.2, -0.15) is 0 Å². The van der Waals surface area contributed by atoms with Crippen LogP contribution >= 0.6 is 11.6 Å². The number of alkyl halides is 1. The molecule has 0 aliphatic heterocycles. The summed E-state index contributed by atoms with van der Waals surface area (Å²) in [5.74, 6) is 1.61. The molecule has 17 heavy (non-hydrogen) atoms. The summed E-state index contributed by atoms with van der Waals surface area (Å²) in [5.41, 5.74) is 1.05. The van der Waals surface area contributed by atoms with Crippen LogP contribution in [0.3, 0.4) is 0 Å². The Morgan fingerprint density at radius 3 is 2.71 bits per heavy atom. The van der Waals surface area contributed by atoms with E-state index in [0.717, 1.165) is 16.7 Å². The van der Waals surface area contributed by atoms with Crippen molar-refractivity contribution in [2.24, 2.45) is 0 Å². The summed E-state index contributed by atoms with van der Waals surface area (Å²) in [5, 5.41) is 2.35. The molecule has 0 saturated carbocycles. The monoisotopic (exact) mass is 243 g/mol. The Hall–Kier alpha value is -1.80. The third-order valence-corrected chi connectivity index (χ3v) is 2.95. The Kier molecular flexibility index (Phi) is 2.57. The van der Waals surface area contributed by atoms with Crippen LogP contribution in [0.4, 0.5) is 0 Å². The molecule has 84 valence electrons. The lowest BCUT2D eigenvalue weighted by Crippen LogP contribution is -1.78. The van der Waals surface area contributed by atoms with E-state index in [-0.39, 0.29) is 0 Å². The summed E-state index contributed by atoms with van der Waals surface area (Å²) in [6.07, 6.45) is 1.72. The van der Waals surface area contributed by atoms with Crippen LogP contribution < -0.4 is 0 Å². The third-order valence-electron chi connectivity index (χ3n) is 2.72. The van der Waals surface area contributed by atoms with Crippen molar-refractivity contribution in [3.8, 4) is 11.3 Å². The van der Waals surface area contributed by atoms with Gasteiger partial charge in [0.2, 0.25) is 5.89 Å². The van der Waals surface area contributed by atoms with Crippen LogP contribution in [0.25, 0.3) is 22.1 Å². The molecule has 0 N–H and O–H groups in total. The summed E-state index contributed by atoms with van der Waals surface area (Å²) in [7, 11) is 0. The molecular weight excluding hydrogens is 234 g/mol. The van der Waals surface area contributed by atoms with Gasteiger partial charge in [0.1, 0.15) is 0 Å². The fourth-order valence-electron chi connectivity index (χ4n) is 1.94. The molecule has 3 rings (SSSR count). The van der Waals surface area contributed by atoms with Gasteiger partial charge in [0.05, 0.1) is 12.1 Å². The lowest BCUT2D eigenvalue weighted by Gasteiger charge is -2.02. The zero-order valence-corrected chi connectivity index (χ0v) is 9.82. The highest BCUT2D eigenvalue weighted by molar-refractivity contribution is 6.16. The number of oxazole rings is 1. The van der Waals surface area contributed by atoms with E-state index in [1.54, 1.807) is 6.20 Å². The van der Waals surface area contributed by atoms with Crippen molar-refractivity contribution < 1.29 is 4.42 Å². The lowest BCUT2D eigenvalue weighted by molar-refractivity contribution is 0.529. The Balaban J connectivity index is 2.23. The Labute approximate surface area is 104 Å². The van der Waals surface area contributed by atoms with E-state index in [4.69, 9.17) is 16.0 Å². The number of hydrogen-bond acceptors (Lipinski definition) is 2. The zero-order valence-electron chi connectivity index (χ0n) is 9.06. The maximum Gasteiger partial charge on any atom is 0.209 e. The fraction of sp³-hybridized carbons (Fsp3) is 0.0714. The molecule has 0 aliphatic rings. The van der Waals surface area contributed by atoms with Gasteiger partial charge in [0.15, 0.2) is 5.76 Å². The minimum absolute atomic E-state index is 0.296. The van der Waals surface area contributed by atoms with Crippen molar-refractivity contribution >= 4 is 22.4 Å². The number of benzene rings is 2. The van der Waals surface area contributed by atoms with Crippen molar-refractivity contribution in [1.29, 1.82) is 0 Å². The van der Waals surface area contributed by atoms with Gasteiger partial charge in [-0.25, -0.2) is 4.98 Å². The first kappa shape index (κ1) is 10.4. The largest absolute Gasteiger partial charge is 0.439 e. The second-order valence-corrected chi connectivity index (χ2v) is 4.05. The first-order chi connectivity index (χ1) is 8.38. The lowest BCUT2D eigenvalue weighted by atomic mass is 10.0. The molecular formula is C14H10ClNO. The van der Waals surface area contributed by atoms with Crippen LogP contribution in [-0.2, 0) is 5.88 Å². The van der Waals surface area contributed by atoms with Crippen molar-refractivity contribution in [2.75, 3.05) is 0 Å². The Bertz CT molecular complexity index is 655. The van der Waals surface area contributed by atoms with Crippen LogP contribution in [0.1, 0.15) is 5.89 Å². The van der Waals surface area contributed by atoms with Crippen LogP contribution in [0.2, 0.25) is 0 Å². The van der Waals surface area contributed by atoms with Crippen LogP contribution in [0.15, 0.2) is 53.1 Å². The van der Waals surface area contributed by atoms with E-state index >= 15 is 0 Å². The van der Waals surface area contributed by atoms with Crippen LogP contribution in [0, 0.1) is 0 Å². The molecule has 0 unspecified atom stereocenters. The molecule has 0 bridgehead atoms. The van der Waals surface area contributed by atoms with E-state index in [9.17, 15) is 0 Å². The van der Waals surface area contributed by atoms with E-state index in [0.29, 0.717) is 11.8 Å². The maximum absolute atomic E-state index is 5.69. The highest BCUT2D eigenvalue weighted by Crippen LogP contribution is 2.29. The quantitative estimate of drug-likeness (QED) is 0.630. The first-order valence-electron chi connectivity index (χ1n) is 5.37. The number of halogens is 1. The van der Waals surface area contributed by atoms with Gasteiger partial charge >= 0.3 is 0 Å². The van der Waals surface area contributed by atoms with Gasteiger partial charge in [0.25, 0.3) is 0 Å². The molecule has 0 saturated heterocycles. The summed E-state index contributed by atoms with van der Waals surface area (Å²) in [6, 6.07) is 14.3. The van der Waals surface area contributed by atoms with Gasteiger partial charge in [-0.1, -0.05) is 42.5 Å². The van der Waals surface area contributed by atoms with Gasteiger partial charge in [-0.3, -0.25) is 0 Å². The smallest absolute Gasteiger partial charge is 0.209 e. The van der Waals surface area contributed by atoms with Gasteiger partial charge in [-0.05, 0) is 10.8 Å². The molecule has 0 radical (unpaired) electrons. The van der Waals surface area contributed by atoms with Crippen molar-refractivity contribution in [1.82, 2.24) is 4.98 Å². The number of fused-ring (bicyclic) bond motifs is 1. The molecule has 2 aromatic carbocycles. The molecule has 1 heterocycles. The second-order valence-electron chi connectivity index (χ2n) is 3.78. The van der Waals surface area contributed by atoms with Crippen molar-refractivity contribution in [3.63, 3.8) is 0 Å². The SMILES string of the molecule is ClCc1ncc(-c2cccc3ccccc23)o1.